The average molecular weight is 352 g/mol. The van der Waals surface area contributed by atoms with Crippen LogP contribution in [0, 0.1) is 5.82 Å². The summed E-state index contributed by atoms with van der Waals surface area (Å²) in [5, 5.41) is 2.99. The molecule has 1 unspecified atom stereocenters. The number of carbonyl (C=O) groups is 1. The maximum absolute atomic E-state index is 13.1. The maximum atomic E-state index is 13.1. The molecule has 0 spiro atoms. The van der Waals surface area contributed by atoms with Crippen LogP contribution >= 0.6 is 0 Å². The Morgan fingerprint density at radius 3 is 2.88 bits per heavy atom. The Morgan fingerprint density at radius 2 is 2.08 bits per heavy atom. The normalized spacial score (nSPS) is 17.0. The summed E-state index contributed by atoms with van der Waals surface area (Å²) in [6, 6.07) is 12.3. The zero-order valence-electron chi connectivity index (χ0n) is 14.4. The van der Waals surface area contributed by atoms with Crippen LogP contribution in [0.4, 0.5) is 9.18 Å². The highest BCUT2D eigenvalue weighted by molar-refractivity contribution is 5.75. The lowest BCUT2D eigenvalue weighted by Gasteiger charge is -2.25. The summed E-state index contributed by atoms with van der Waals surface area (Å²) in [7, 11) is 0. The standard InChI is InChI=1S/C20H21FN4O/c21-16-8-6-15(7-9-16)18-4-3-13-25(18)20(26)22-11-10-17-14-24-12-2-1-5-19(24)23-17/h1-2,5-9,12,14,18H,3-4,10-11,13H2,(H,22,26). The predicted octanol–water partition coefficient (Wildman–Crippen LogP) is 3.56. The van der Waals surface area contributed by atoms with Gasteiger partial charge >= 0.3 is 6.03 Å². The molecule has 0 radical (unpaired) electrons. The van der Waals surface area contributed by atoms with E-state index in [1.807, 2.05) is 39.9 Å². The number of urea groups is 1. The Labute approximate surface area is 151 Å². The lowest BCUT2D eigenvalue weighted by Crippen LogP contribution is -2.40. The summed E-state index contributed by atoms with van der Waals surface area (Å²) in [6.45, 7) is 1.26. The quantitative estimate of drug-likeness (QED) is 0.780. The van der Waals surface area contributed by atoms with Gasteiger partial charge in [0.25, 0.3) is 0 Å². The van der Waals surface area contributed by atoms with Gasteiger partial charge in [0.15, 0.2) is 0 Å². The van der Waals surface area contributed by atoms with Gasteiger partial charge in [-0.05, 0) is 42.7 Å². The van der Waals surface area contributed by atoms with Crippen molar-refractivity contribution in [2.45, 2.75) is 25.3 Å². The van der Waals surface area contributed by atoms with E-state index in [2.05, 4.69) is 10.3 Å². The summed E-state index contributed by atoms with van der Waals surface area (Å²) in [5.74, 6) is -0.254. The van der Waals surface area contributed by atoms with Crippen molar-refractivity contribution >= 4 is 11.7 Å². The summed E-state index contributed by atoms with van der Waals surface area (Å²) in [4.78, 5) is 19.0. The van der Waals surface area contributed by atoms with Gasteiger partial charge in [-0.3, -0.25) is 0 Å². The molecule has 1 N–H and O–H groups in total. The number of rotatable bonds is 4. The molecule has 0 bridgehead atoms. The lowest BCUT2D eigenvalue weighted by molar-refractivity contribution is 0.193. The third-order valence-electron chi connectivity index (χ3n) is 4.84. The molecule has 0 aliphatic carbocycles. The molecular weight excluding hydrogens is 331 g/mol. The van der Waals surface area contributed by atoms with E-state index in [0.717, 1.165) is 36.3 Å². The van der Waals surface area contributed by atoms with Gasteiger partial charge in [0.1, 0.15) is 11.5 Å². The van der Waals surface area contributed by atoms with Crippen molar-refractivity contribution in [2.75, 3.05) is 13.1 Å². The lowest BCUT2D eigenvalue weighted by atomic mass is 10.0. The van der Waals surface area contributed by atoms with E-state index in [4.69, 9.17) is 0 Å². The van der Waals surface area contributed by atoms with Crippen LogP contribution in [0.25, 0.3) is 5.65 Å². The number of nitrogens with zero attached hydrogens (tertiary/aromatic N) is 3. The van der Waals surface area contributed by atoms with Gasteiger partial charge in [-0.2, -0.15) is 0 Å². The SMILES string of the molecule is O=C(NCCc1cn2ccccc2n1)N1CCCC1c1ccc(F)cc1. The minimum atomic E-state index is -0.254. The van der Waals surface area contributed by atoms with E-state index in [9.17, 15) is 9.18 Å². The summed E-state index contributed by atoms with van der Waals surface area (Å²) in [6.07, 6.45) is 6.50. The van der Waals surface area contributed by atoms with Crippen LogP contribution in [-0.2, 0) is 6.42 Å². The molecule has 3 aromatic rings. The number of amides is 2. The number of aromatic nitrogens is 2. The Balaban J connectivity index is 1.35. The third kappa shape index (κ3) is 3.40. The van der Waals surface area contributed by atoms with Crippen LogP contribution in [0.5, 0.6) is 0 Å². The minimum Gasteiger partial charge on any atom is -0.338 e. The van der Waals surface area contributed by atoms with Crippen molar-refractivity contribution in [3.8, 4) is 0 Å². The van der Waals surface area contributed by atoms with Gasteiger partial charge in [-0.15, -0.1) is 0 Å². The van der Waals surface area contributed by atoms with E-state index in [1.54, 1.807) is 12.1 Å². The van der Waals surface area contributed by atoms with Gasteiger partial charge in [-0.25, -0.2) is 14.2 Å². The van der Waals surface area contributed by atoms with Crippen LogP contribution in [0.3, 0.4) is 0 Å². The van der Waals surface area contributed by atoms with Crippen LogP contribution in [0.2, 0.25) is 0 Å². The number of pyridine rings is 1. The van der Waals surface area contributed by atoms with Gasteiger partial charge < -0.3 is 14.6 Å². The van der Waals surface area contributed by atoms with Crippen molar-refractivity contribution in [1.82, 2.24) is 19.6 Å². The first-order chi connectivity index (χ1) is 12.7. The second-order valence-electron chi connectivity index (χ2n) is 6.58. The highest BCUT2D eigenvalue weighted by Crippen LogP contribution is 2.31. The molecule has 2 amide bonds. The Bertz CT molecular complexity index is 873. The first kappa shape index (κ1) is 16.6. The molecule has 1 fully saturated rings. The highest BCUT2D eigenvalue weighted by Gasteiger charge is 2.29. The number of hydrogen-bond donors (Lipinski definition) is 1. The number of halogens is 1. The van der Waals surface area contributed by atoms with E-state index in [1.165, 1.54) is 12.1 Å². The van der Waals surface area contributed by atoms with Gasteiger partial charge in [-0.1, -0.05) is 18.2 Å². The van der Waals surface area contributed by atoms with Gasteiger partial charge in [0, 0.05) is 31.9 Å². The smallest absolute Gasteiger partial charge is 0.317 e. The third-order valence-corrected chi connectivity index (χ3v) is 4.84. The van der Waals surface area contributed by atoms with Crippen molar-refractivity contribution in [1.29, 1.82) is 0 Å². The molecule has 4 rings (SSSR count). The summed E-state index contributed by atoms with van der Waals surface area (Å²) in [5.41, 5.74) is 2.84. The molecule has 1 atom stereocenters. The molecule has 26 heavy (non-hydrogen) atoms. The van der Waals surface area contributed by atoms with Crippen molar-refractivity contribution in [2.24, 2.45) is 0 Å². The monoisotopic (exact) mass is 352 g/mol. The molecule has 0 saturated carbocycles. The first-order valence-corrected chi connectivity index (χ1v) is 8.93. The number of hydrogen-bond acceptors (Lipinski definition) is 2. The summed E-state index contributed by atoms with van der Waals surface area (Å²) >= 11 is 0. The number of likely N-dealkylation sites (tertiary alicyclic amines) is 1. The topological polar surface area (TPSA) is 49.6 Å². The van der Waals surface area contributed by atoms with Crippen LogP contribution in [0.15, 0.2) is 54.9 Å². The second kappa shape index (κ2) is 7.15. The first-order valence-electron chi connectivity index (χ1n) is 8.93. The molecular formula is C20H21FN4O. The molecule has 1 aliphatic rings. The largest absolute Gasteiger partial charge is 0.338 e. The van der Waals surface area contributed by atoms with Crippen molar-refractivity contribution in [3.05, 3.63) is 71.9 Å². The number of carbonyl (C=O) groups excluding carboxylic acids is 1. The van der Waals surface area contributed by atoms with E-state index in [0.29, 0.717) is 13.0 Å². The molecule has 1 aromatic carbocycles. The fourth-order valence-corrected chi connectivity index (χ4v) is 3.55. The molecule has 1 saturated heterocycles. The molecule has 5 nitrogen and oxygen atoms in total. The van der Waals surface area contributed by atoms with Gasteiger partial charge in [0.2, 0.25) is 0 Å². The fraction of sp³-hybridized carbons (Fsp3) is 0.300. The van der Waals surface area contributed by atoms with E-state index < -0.39 is 0 Å². The van der Waals surface area contributed by atoms with Crippen LogP contribution in [-0.4, -0.2) is 33.4 Å². The Kier molecular flexibility index (Phi) is 4.56. The number of benzene rings is 1. The van der Waals surface area contributed by atoms with E-state index in [-0.39, 0.29) is 17.9 Å². The molecule has 6 heteroatoms. The van der Waals surface area contributed by atoms with E-state index >= 15 is 0 Å². The highest BCUT2D eigenvalue weighted by atomic mass is 19.1. The number of nitrogens with one attached hydrogen (secondary N) is 1. The van der Waals surface area contributed by atoms with Crippen molar-refractivity contribution < 1.29 is 9.18 Å². The number of imidazole rings is 1. The summed E-state index contributed by atoms with van der Waals surface area (Å²) < 4.78 is 15.1. The molecule has 1 aliphatic heterocycles. The minimum absolute atomic E-state index is 0.0193. The van der Waals surface area contributed by atoms with Gasteiger partial charge in [0.05, 0.1) is 11.7 Å². The average Bonchev–Trinajstić information content (AvgIpc) is 3.29. The maximum Gasteiger partial charge on any atom is 0.317 e. The van der Waals surface area contributed by atoms with Crippen LogP contribution in [0.1, 0.15) is 30.1 Å². The zero-order chi connectivity index (χ0) is 17.9. The molecule has 134 valence electrons. The zero-order valence-corrected chi connectivity index (χ0v) is 14.4. The fourth-order valence-electron chi connectivity index (χ4n) is 3.55. The Hall–Kier alpha value is -2.89. The number of fused-ring (bicyclic) bond motifs is 1. The Morgan fingerprint density at radius 1 is 1.23 bits per heavy atom. The predicted molar refractivity (Wildman–Crippen MR) is 97.4 cm³/mol. The van der Waals surface area contributed by atoms with Crippen LogP contribution < -0.4 is 5.32 Å². The molecule has 2 aromatic heterocycles. The van der Waals surface area contributed by atoms with Crippen molar-refractivity contribution in [3.63, 3.8) is 0 Å². The molecule has 3 heterocycles. The second-order valence-corrected chi connectivity index (χ2v) is 6.58.